The van der Waals surface area contributed by atoms with Gasteiger partial charge in [0.2, 0.25) is 5.91 Å². The average Bonchev–Trinajstić information content (AvgIpc) is 2.87. The van der Waals surface area contributed by atoms with Crippen molar-refractivity contribution in [1.29, 1.82) is 0 Å². The second-order valence-corrected chi connectivity index (χ2v) is 9.18. The first-order valence-corrected chi connectivity index (χ1v) is 12.2. The molecule has 0 radical (unpaired) electrons. The van der Waals surface area contributed by atoms with Crippen LogP contribution in [0.25, 0.3) is 0 Å². The molecule has 0 aromatic heterocycles. The third-order valence-corrected chi connectivity index (χ3v) is 6.61. The lowest BCUT2D eigenvalue weighted by Crippen LogP contribution is -2.54. The number of anilines is 1. The zero-order valence-corrected chi connectivity index (χ0v) is 20.3. The van der Waals surface area contributed by atoms with Crippen LogP contribution in [0.3, 0.4) is 0 Å². The van der Waals surface area contributed by atoms with E-state index >= 15 is 0 Å². The zero-order valence-electron chi connectivity index (χ0n) is 20.3. The molecule has 0 saturated heterocycles. The van der Waals surface area contributed by atoms with Crippen LogP contribution in [0, 0.1) is 6.92 Å². The monoisotopic (exact) mass is 485 g/mol. The molecule has 186 valence electrons. The standard InChI is InChI=1S/C29H31N3O4/c1-20-9-5-8-14-25(20)30-29(36)31-26(16-15-21-10-3-2-4-11-21)28(35)32-19-23-13-7-6-12-22(23)17-24(32)18-27(33)34/h2-14,24,26H,15-19H2,1H3,(H,33,34)(H2,30,31,36)/t24-,26+/m1/s1. The van der Waals surface area contributed by atoms with Crippen molar-refractivity contribution in [2.24, 2.45) is 0 Å². The number of nitrogens with one attached hydrogen (secondary N) is 2. The fourth-order valence-electron chi connectivity index (χ4n) is 4.67. The van der Waals surface area contributed by atoms with E-state index in [1.54, 1.807) is 11.0 Å². The van der Waals surface area contributed by atoms with Gasteiger partial charge in [-0.15, -0.1) is 0 Å². The molecule has 2 atom stereocenters. The molecule has 7 heteroatoms. The third-order valence-electron chi connectivity index (χ3n) is 6.61. The Morgan fingerprint density at radius 2 is 1.61 bits per heavy atom. The van der Waals surface area contributed by atoms with E-state index < -0.39 is 24.1 Å². The molecule has 0 spiro atoms. The number of carboxylic acid groups (broad SMARTS) is 1. The predicted molar refractivity (Wildman–Crippen MR) is 139 cm³/mol. The molecule has 0 unspecified atom stereocenters. The van der Waals surface area contributed by atoms with E-state index in [-0.39, 0.29) is 12.3 Å². The number of aliphatic carboxylic acids is 1. The highest BCUT2D eigenvalue weighted by molar-refractivity contribution is 5.94. The molecule has 1 aliphatic rings. The summed E-state index contributed by atoms with van der Waals surface area (Å²) in [6, 6.07) is 23.2. The summed E-state index contributed by atoms with van der Waals surface area (Å²) in [6.45, 7) is 2.21. The van der Waals surface area contributed by atoms with Gasteiger partial charge in [-0.2, -0.15) is 0 Å². The summed E-state index contributed by atoms with van der Waals surface area (Å²) in [6.07, 6.45) is 1.30. The SMILES string of the molecule is Cc1ccccc1NC(=O)N[C@@H](CCc1ccccc1)C(=O)N1Cc2ccccc2C[C@@H]1CC(=O)O. The highest BCUT2D eigenvalue weighted by Gasteiger charge is 2.35. The van der Waals surface area contributed by atoms with Crippen LogP contribution in [0.15, 0.2) is 78.9 Å². The second-order valence-electron chi connectivity index (χ2n) is 9.18. The van der Waals surface area contributed by atoms with Gasteiger partial charge in [0.1, 0.15) is 6.04 Å². The van der Waals surface area contributed by atoms with Gasteiger partial charge in [0.15, 0.2) is 0 Å². The molecule has 1 heterocycles. The van der Waals surface area contributed by atoms with Gasteiger partial charge in [0.05, 0.1) is 6.42 Å². The molecule has 4 rings (SSSR count). The Labute approximate surface area is 211 Å². The van der Waals surface area contributed by atoms with E-state index in [0.29, 0.717) is 31.5 Å². The molecule has 1 aliphatic heterocycles. The van der Waals surface area contributed by atoms with Crippen LogP contribution in [0.1, 0.15) is 35.1 Å². The fourth-order valence-corrected chi connectivity index (χ4v) is 4.67. The van der Waals surface area contributed by atoms with Gasteiger partial charge in [0, 0.05) is 18.3 Å². The van der Waals surface area contributed by atoms with Crippen molar-refractivity contribution in [3.8, 4) is 0 Å². The summed E-state index contributed by atoms with van der Waals surface area (Å²) in [5.74, 6) is -1.23. The minimum absolute atomic E-state index is 0.152. The Hall–Kier alpha value is -4.13. The van der Waals surface area contributed by atoms with Crippen LogP contribution in [-0.4, -0.2) is 40.0 Å². The van der Waals surface area contributed by atoms with Crippen molar-refractivity contribution in [2.45, 2.75) is 51.2 Å². The second kappa shape index (κ2) is 11.5. The number of hydrogen-bond donors (Lipinski definition) is 3. The number of urea groups is 1. The van der Waals surface area contributed by atoms with Crippen molar-refractivity contribution in [3.63, 3.8) is 0 Å². The van der Waals surface area contributed by atoms with Crippen molar-refractivity contribution < 1.29 is 19.5 Å². The Kier molecular flexibility index (Phi) is 8.00. The Morgan fingerprint density at radius 1 is 0.944 bits per heavy atom. The van der Waals surface area contributed by atoms with Crippen LogP contribution in [-0.2, 0) is 29.0 Å². The van der Waals surface area contributed by atoms with Crippen LogP contribution in [0.2, 0.25) is 0 Å². The number of nitrogens with zero attached hydrogens (tertiary/aromatic N) is 1. The molecule has 3 aromatic carbocycles. The van der Waals surface area contributed by atoms with Crippen LogP contribution >= 0.6 is 0 Å². The third kappa shape index (κ3) is 6.30. The Balaban J connectivity index is 1.56. The number of hydrogen-bond acceptors (Lipinski definition) is 3. The first kappa shape index (κ1) is 25.0. The normalized spacial score (nSPS) is 15.5. The van der Waals surface area contributed by atoms with Gasteiger partial charge >= 0.3 is 12.0 Å². The first-order chi connectivity index (χ1) is 17.4. The highest BCUT2D eigenvalue weighted by atomic mass is 16.4. The van der Waals surface area contributed by atoms with E-state index in [0.717, 1.165) is 22.3 Å². The van der Waals surface area contributed by atoms with Gasteiger partial charge in [-0.05, 0) is 54.5 Å². The quantitative estimate of drug-likeness (QED) is 0.436. The van der Waals surface area contributed by atoms with Crippen molar-refractivity contribution in [3.05, 3.63) is 101 Å². The number of benzene rings is 3. The molecule has 3 aromatic rings. The van der Waals surface area contributed by atoms with E-state index in [1.165, 1.54) is 0 Å². The molecule has 0 fully saturated rings. The molecule has 0 saturated carbocycles. The largest absolute Gasteiger partial charge is 0.481 e. The molecular formula is C29H31N3O4. The summed E-state index contributed by atoms with van der Waals surface area (Å²) in [5.41, 5.74) is 4.69. The zero-order chi connectivity index (χ0) is 25.5. The average molecular weight is 486 g/mol. The summed E-state index contributed by atoms with van der Waals surface area (Å²) < 4.78 is 0. The van der Waals surface area contributed by atoms with Gasteiger partial charge in [-0.25, -0.2) is 4.79 Å². The van der Waals surface area contributed by atoms with Crippen molar-refractivity contribution in [1.82, 2.24) is 10.2 Å². The van der Waals surface area contributed by atoms with Crippen LogP contribution in [0.5, 0.6) is 0 Å². The molecular weight excluding hydrogens is 454 g/mol. The smallest absolute Gasteiger partial charge is 0.319 e. The number of para-hydroxylation sites is 1. The summed E-state index contributed by atoms with van der Waals surface area (Å²) in [7, 11) is 0. The lowest BCUT2D eigenvalue weighted by atomic mass is 9.91. The van der Waals surface area contributed by atoms with Gasteiger partial charge in [-0.3, -0.25) is 9.59 Å². The summed E-state index contributed by atoms with van der Waals surface area (Å²) in [4.78, 5) is 40.1. The Bertz CT molecular complexity index is 1230. The maximum atomic E-state index is 13.9. The predicted octanol–water partition coefficient (Wildman–Crippen LogP) is 4.55. The maximum absolute atomic E-state index is 13.9. The lowest BCUT2D eigenvalue weighted by molar-refractivity contribution is -0.142. The minimum Gasteiger partial charge on any atom is -0.481 e. The number of carbonyl (C=O) groups is 3. The lowest BCUT2D eigenvalue weighted by Gasteiger charge is -2.38. The number of amides is 3. The van der Waals surface area contributed by atoms with Crippen LogP contribution < -0.4 is 10.6 Å². The van der Waals surface area contributed by atoms with Crippen molar-refractivity contribution >= 4 is 23.6 Å². The van der Waals surface area contributed by atoms with E-state index in [9.17, 15) is 19.5 Å². The summed E-state index contributed by atoms with van der Waals surface area (Å²) in [5, 5.41) is 15.2. The molecule has 7 nitrogen and oxygen atoms in total. The number of fused-ring (bicyclic) bond motifs is 1. The van der Waals surface area contributed by atoms with E-state index in [2.05, 4.69) is 10.6 Å². The number of carbonyl (C=O) groups excluding carboxylic acids is 2. The number of aryl methyl sites for hydroxylation is 2. The number of rotatable bonds is 8. The topological polar surface area (TPSA) is 98.7 Å². The maximum Gasteiger partial charge on any atom is 0.319 e. The summed E-state index contributed by atoms with van der Waals surface area (Å²) >= 11 is 0. The highest BCUT2D eigenvalue weighted by Crippen LogP contribution is 2.26. The number of carboxylic acids is 1. The van der Waals surface area contributed by atoms with Crippen molar-refractivity contribution in [2.75, 3.05) is 5.32 Å². The van der Waals surface area contributed by atoms with Gasteiger partial charge < -0.3 is 20.6 Å². The van der Waals surface area contributed by atoms with E-state index in [1.807, 2.05) is 79.7 Å². The Morgan fingerprint density at radius 3 is 2.33 bits per heavy atom. The molecule has 3 amide bonds. The van der Waals surface area contributed by atoms with Crippen LogP contribution in [0.4, 0.5) is 10.5 Å². The molecule has 36 heavy (non-hydrogen) atoms. The first-order valence-electron chi connectivity index (χ1n) is 12.2. The molecule has 0 bridgehead atoms. The van der Waals surface area contributed by atoms with Gasteiger partial charge in [0.25, 0.3) is 0 Å². The molecule has 0 aliphatic carbocycles. The van der Waals surface area contributed by atoms with Gasteiger partial charge in [-0.1, -0.05) is 72.8 Å². The molecule has 3 N–H and O–H groups in total. The van der Waals surface area contributed by atoms with E-state index in [4.69, 9.17) is 0 Å². The minimum atomic E-state index is -0.955. The fraction of sp³-hybridized carbons (Fsp3) is 0.276.